The molecule has 10 rings (SSSR count). The summed E-state index contributed by atoms with van der Waals surface area (Å²) in [4.78, 5) is 2.42. The highest BCUT2D eigenvalue weighted by atomic mass is 15.1. The number of anilines is 3. The fourth-order valence-corrected chi connectivity index (χ4v) is 8.40. The molecule has 0 saturated carbocycles. The van der Waals surface area contributed by atoms with E-state index in [1.165, 1.54) is 60.8 Å². The van der Waals surface area contributed by atoms with Crippen LogP contribution in [0.3, 0.4) is 0 Å². The van der Waals surface area contributed by atoms with Crippen LogP contribution < -0.4 is 4.90 Å². The van der Waals surface area contributed by atoms with Gasteiger partial charge in [-0.1, -0.05) is 206 Å². The summed E-state index contributed by atoms with van der Waals surface area (Å²) in [5, 5.41) is 2.50. The van der Waals surface area contributed by atoms with Crippen LogP contribution in [0.25, 0.3) is 77.5 Å². The van der Waals surface area contributed by atoms with E-state index in [9.17, 15) is 0 Å². The Labute approximate surface area is 346 Å². The van der Waals surface area contributed by atoms with Gasteiger partial charge in [0.2, 0.25) is 0 Å². The van der Waals surface area contributed by atoms with Crippen molar-refractivity contribution in [1.29, 1.82) is 0 Å². The van der Waals surface area contributed by atoms with E-state index in [-0.39, 0.29) is 0 Å². The Morgan fingerprint density at radius 2 is 0.661 bits per heavy atom. The van der Waals surface area contributed by atoms with Gasteiger partial charge in [0.05, 0.1) is 5.69 Å². The average Bonchev–Trinajstić information content (AvgIpc) is 3.32. The van der Waals surface area contributed by atoms with Gasteiger partial charge >= 0.3 is 0 Å². The number of hydrogen-bond acceptors (Lipinski definition) is 1. The summed E-state index contributed by atoms with van der Waals surface area (Å²) in [7, 11) is 0. The minimum atomic E-state index is 1.08. The molecule has 0 spiro atoms. The average molecular weight is 752 g/mol. The van der Waals surface area contributed by atoms with Crippen molar-refractivity contribution in [2.75, 3.05) is 4.90 Å². The molecule has 0 atom stereocenters. The first kappa shape index (κ1) is 35.7. The third kappa shape index (κ3) is 7.23. The van der Waals surface area contributed by atoms with E-state index in [2.05, 4.69) is 254 Å². The Morgan fingerprint density at radius 1 is 0.220 bits per heavy atom. The molecule has 0 aliphatic carbocycles. The second kappa shape index (κ2) is 16.0. The lowest BCUT2D eigenvalue weighted by Crippen LogP contribution is -2.11. The first-order chi connectivity index (χ1) is 29.3. The molecule has 0 aliphatic rings. The molecule has 10 aromatic carbocycles. The zero-order chi connectivity index (χ0) is 39.4. The first-order valence-corrected chi connectivity index (χ1v) is 20.3. The highest BCUT2D eigenvalue weighted by molar-refractivity contribution is 5.98. The summed E-state index contributed by atoms with van der Waals surface area (Å²) in [5.74, 6) is 0. The highest BCUT2D eigenvalue weighted by Gasteiger charge is 2.19. The number of nitrogens with zero attached hydrogens (tertiary/aromatic N) is 1. The van der Waals surface area contributed by atoms with Gasteiger partial charge in [-0.05, 0) is 114 Å². The van der Waals surface area contributed by atoms with Gasteiger partial charge in [0.15, 0.2) is 0 Å². The number of para-hydroxylation sites is 1. The van der Waals surface area contributed by atoms with Crippen LogP contribution in [0.2, 0.25) is 0 Å². The standard InChI is InChI=1S/C58H41N/c1-3-17-42(18-4-1)46-23-13-24-47(39-46)43-35-37-51(38-36-43)59(52-28-15-27-50(41-52)55-31-10-9-30-53(55)44-19-5-2-6-20-44)58-34-12-11-32-57(58)49-26-14-25-48(40-49)56-33-16-22-45-21-7-8-29-54(45)56/h1-41H. The SMILES string of the molecule is c1ccc(-c2cccc(-c3ccc(N(c4cccc(-c5ccccc5-c5ccccc5)c4)c4ccccc4-c4cccc(-c5cccc6ccccc56)c4)cc3)c2)cc1. The van der Waals surface area contributed by atoms with E-state index < -0.39 is 0 Å². The predicted molar refractivity (Wildman–Crippen MR) is 251 cm³/mol. The van der Waals surface area contributed by atoms with E-state index in [1.807, 2.05) is 0 Å². The van der Waals surface area contributed by atoms with Crippen LogP contribution in [0, 0.1) is 0 Å². The fraction of sp³-hybridized carbons (Fsp3) is 0. The number of hydrogen-bond donors (Lipinski definition) is 0. The Bertz CT molecular complexity index is 3030. The molecule has 0 fully saturated rings. The number of rotatable bonds is 9. The molecule has 0 aliphatic heterocycles. The van der Waals surface area contributed by atoms with Crippen LogP contribution >= 0.6 is 0 Å². The lowest BCUT2D eigenvalue weighted by Gasteiger charge is -2.29. The van der Waals surface area contributed by atoms with Gasteiger partial charge in [-0.2, -0.15) is 0 Å². The van der Waals surface area contributed by atoms with Crippen molar-refractivity contribution in [3.8, 4) is 66.8 Å². The topological polar surface area (TPSA) is 3.24 Å². The normalized spacial score (nSPS) is 11.1. The Kier molecular flexibility index (Phi) is 9.68. The molecule has 59 heavy (non-hydrogen) atoms. The summed E-state index contributed by atoms with van der Waals surface area (Å²) in [5.41, 5.74) is 17.6. The van der Waals surface area contributed by atoms with Crippen molar-refractivity contribution in [3.63, 3.8) is 0 Å². The second-order valence-electron chi connectivity index (χ2n) is 14.9. The summed E-state index contributed by atoms with van der Waals surface area (Å²) >= 11 is 0. The first-order valence-electron chi connectivity index (χ1n) is 20.3. The van der Waals surface area contributed by atoms with Gasteiger partial charge in [0.25, 0.3) is 0 Å². The number of fused-ring (bicyclic) bond motifs is 1. The zero-order valence-corrected chi connectivity index (χ0v) is 32.6. The van der Waals surface area contributed by atoms with Crippen molar-refractivity contribution in [2.24, 2.45) is 0 Å². The van der Waals surface area contributed by atoms with Gasteiger partial charge in [-0.3, -0.25) is 0 Å². The van der Waals surface area contributed by atoms with E-state index in [0.717, 1.165) is 33.8 Å². The molecule has 0 amide bonds. The zero-order valence-electron chi connectivity index (χ0n) is 32.6. The minimum absolute atomic E-state index is 1.08. The van der Waals surface area contributed by atoms with Gasteiger partial charge in [-0.15, -0.1) is 0 Å². The summed E-state index contributed by atoms with van der Waals surface area (Å²) in [6.07, 6.45) is 0. The minimum Gasteiger partial charge on any atom is -0.310 e. The van der Waals surface area contributed by atoms with E-state index >= 15 is 0 Å². The predicted octanol–water partition coefficient (Wildman–Crippen LogP) is 16.3. The van der Waals surface area contributed by atoms with Crippen LogP contribution in [0.15, 0.2) is 249 Å². The molecule has 0 bridgehead atoms. The third-order valence-electron chi connectivity index (χ3n) is 11.3. The Balaban J connectivity index is 1.11. The molecular weight excluding hydrogens is 711 g/mol. The molecule has 0 radical (unpaired) electrons. The van der Waals surface area contributed by atoms with Gasteiger partial charge in [0, 0.05) is 16.9 Å². The van der Waals surface area contributed by atoms with Crippen LogP contribution in [0.4, 0.5) is 17.1 Å². The third-order valence-corrected chi connectivity index (χ3v) is 11.3. The molecule has 1 nitrogen and oxygen atoms in total. The maximum atomic E-state index is 2.42. The van der Waals surface area contributed by atoms with Gasteiger partial charge < -0.3 is 4.90 Å². The van der Waals surface area contributed by atoms with Crippen molar-refractivity contribution < 1.29 is 0 Å². The fourth-order valence-electron chi connectivity index (χ4n) is 8.40. The van der Waals surface area contributed by atoms with Crippen molar-refractivity contribution in [1.82, 2.24) is 0 Å². The van der Waals surface area contributed by atoms with E-state index in [4.69, 9.17) is 0 Å². The summed E-state index contributed by atoms with van der Waals surface area (Å²) < 4.78 is 0. The van der Waals surface area contributed by atoms with Gasteiger partial charge in [-0.25, -0.2) is 0 Å². The van der Waals surface area contributed by atoms with Crippen LogP contribution in [0.1, 0.15) is 0 Å². The largest absolute Gasteiger partial charge is 0.310 e. The molecule has 0 saturated heterocycles. The summed E-state index contributed by atoms with van der Waals surface area (Å²) in [6, 6.07) is 89.8. The van der Waals surface area contributed by atoms with E-state index in [0.29, 0.717) is 0 Å². The molecule has 0 aromatic heterocycles. The molecular formula is C58H41N. The van der Waals surface area contributed by atoms with Crippen LogP contribution in [0.5, 0.6) is 0 Å². The van der Waals surface area contributed by atoms with Crippen LogP contribution in [-0.2, 0) is 0 Å². The van der Waals surface area contributed by atoms with Crippen molar-refractivity contribution >= 4 is 27.8 Å². The summed E-state index contributed by atoms with van der Waals surface area (Å²) in [6.45, 7) is 0. The number of benzene rings is 10. The highest BCUT2D eigenvalue weighted by Crippen LogP contribution is 2.44. The molecule has 0 heterocycles. The quantitative estimate of drug-likeness (QED) is 0.142. The molecule has 10 aromatic rings. The molecule has 278 valence electrons. The lowest BCUT2D eigenvalue weighted by molar-refractivity contribution is 1.28. The second-order valence-corrected chi connectivity index (χ2v) is 14.9. The lowest BCUT2D eigenvalue weighted by atomic mass is 9.93. The van der Waals surface area contributed by atoms with Gasteiger partial charge in [0.1, 0.15) is 0 Å². The smallest absolute Gasteiger partial charge is 0.0540 e. The molecule has 1 heteroatoms. The van der Waals surface area contributed by atoms with Crippen LogP contribution in [-0.4, -0.2) is 0 Å². The maximum absolute atomic E-state index is 2.42. The van der Waals surface area contributed by atoms with Crippen molar-refractivity contribution in [2.45, 2.75) is 0 Å². The maximum Gasteiger partial charge on any atom is 0.0540 e. The monoisotopic (exact) mass is 751 g/mol. The Morgan fingerprint density at radius 3 is 1.39 bits per heavy atom. The molecule has 0 unspecified atom stereocenters. The Hall–Kier alpha value is -7.74. The van der Waals surface area contributed by atoms with E-state index in [1.54, 1.807) is 0 Å². The van der Waals surface area contributed by atoms with Crippen molar-refractivity contribution in [3.05, 3.63) is 249 Å². The molecule has 0 N–H and O–H groups in total.